The first-order valence-electron chi connectivity index (χ1n) is 6.71. The summed E-state index contributed by atoms with van der Waals surface area (Å²) in [5, 5.41) is 1.68. The highest BCUT2D eigenvalue weighted by Crippen LogP contribution is 2.40. The van der Waals surface area contributed by atoms with Crippen molar-refractivity contribution in [1.29, 1.82) is 0 Å². The Morgan fingerprint density at radius 1 is 1.17 bits per heavy atom. The van der Waals surface area contributed by atoms with Crippen molar-refractivity contribution < 1.29 is 35.9 Å². The third kappa shape index (κ3) is 4.15. The Hall–Kier alpha value is -1.77. The van der Waals surface area contributed by atoms with E-state index in [9.17, 15) is 31.1 Å². The van der Waals surface area contributed by atoms with E-state index in [2.05, 4.69) is 0 Å². The summed E-state index contributed by atoms with van der Waals surface area (Å²) >= 11 is 0. The Labute approximate surface area is 127 Å². The minimum atomic E-state index is -5.06. The monoisotopic (exact) mass is 341 g/mol. The average molecular weight is 341 g/mol. The first-order chi connectivity index (χ1) is 10.6. The van der Waals surface area contributed by atoms with Gasteiger partial charge in [-0.1, -0.05) is 18.2 Å². The fraction of sp³-hybridized carbons (Fsp3) is 0.500. The van der Waals surface area contributed by atoms with Gasteiger partial charge in [-0.05, 0) is 18.1 Å². The largest absolute Gasteiger partial charge is 0.416 e. The third-order valence-corrected chi connectivity index (χ3v) is 3.49. The Morgan fingerprint density at radius 3 is 2.35 bits per heavy atom. The molecule has 1 amide bonds. The van der Waals surface area contributed by atoms with Crippen LogP contribution in [-0.2, 0) is 15.7 Å². The van der Waals surface area contributed by atoms with E-state index in [0.29, 0.717) is 12.1 Å². The summed E-state index contributed by atoms with van der Waals surface area (Å²) in [5.41, 5.74) is -2.45. The minimum absolute atomic E-state index is 0.0443. The summed E-state index contributed by atoms with van der Waals surface area (Å²) in [5.74, 6) is -1.76. The summed E-state index contributed by atoms with van der Waals surface area (Å²) < 4.78 is 83.3. The standard InChI is InChI=1S/C14H13F6NO2/c15-13(16,17)10-4-2-1-3-9(10)11(14(18,19)20)21-12(22)8-5-6-23-7-8/h1-4,8,11H,5-7H2,(H,21,22)/t8-,11-/m0/s1. The number of ether oxygens (including phenoxy) is 1. The van der Waals surface area contributed by atoms with Crippen LogP contribution in [0, 0.1) is 5.92 Å². The predicted molar refractivity (Wildman–Crippen MR) is 67.3 cm³/mol. The lowest BCUT2D eigenvalue weighted by Gasteiger charge is -2.26. The lowest BCUT2D eigenvalue weighted by molar-refractivity contribution is -0.168. The van der Waals surface area contributed by atoms with E-state index >= 15 is 0 Å². The van der Waals surface area contributed by atoms with Gasteiger partial charge in [0.25, 0.3) is 0 Å². The molecular weight excluding hydrogens is 328 g/mol. The van der Waals surface area contributed by atoms with Gasteiger partial charge in [0, 0.05) is 6.61 Å². The van der Waals surface area contributed by atoms with Crippen LogP contribution < -0.4 is 5.32 Å². The van der Waals surface area contributed by atoms with Gasteiger partial charge in [0.1, 0.15) is 0 Å². The molecule has 9 heteroatoms. The fourth-order valence-electron chi connectivity index (χ4n) is 2.34. The Balaban J connectivity index is 2.35. The molecule has 23 heavy (non-hydrogen) atoms. The highest BCUT2D eigenvalue weighted by Gasteiger charge is 2.47. The number of amides is 1. The minimum Gasteiger partial charge on any atom is -0.381 e. The number of alkyl halides is 6. The van der Waals surface area contributed by atoms with Crippen molar-refractivity contribution in [3.63, 3.8) is 0 Å². The number of nitrogens with one attached hydrogen (secondary N) is 1. The number of carbonyl (C=O) groups excluding carboxylic acids is 1. The molecule has 1 aromatic carbocycles. The Bertz CT molecular complexity index is 563. The molecule has 0 radical (unpaired) electrons. The van der Waals surface area contributed by atoms with Gasteiger partial charge in [-0.2, -0.15) is 26.3 Å². The Kier molecular flexibility index (Phi) is 4.88. The second-order valence-corrected chi connectivity index (χ2v) is 5.13. The molecule has 0 aliphatic carbocycles. The number of rotatable bonds is 3. The topological polar surface area (TPSA) is 38.3 Å². The quantitative estimate of drug-likeness (QED) is 0.855. The lowest BCUT2D eigenvalue weighted by Crippen LogP contribution is -2.42. The summed E-state index contributed by atoms with van der Waals surface area (Å²) in [6, 6.07) is 0.597. The molecule has 1 aliphatic heterocycles. The van der Waals surface area contributed by atoms with E-state index in [1.165, 1.54) is 0 Å². The zero-order chi connectivity index (χ0) is 17.3. The molecule has 3 nitrogen and oxygen atoms in total. The number of benzene rings is 1. The summed E-state index contributed by atoms with van der Waals surface area (Å²) in [4.78, 5) is 11.9. The van der Waals surface area contributed by atoms with Crippen molar-refractivity contribution in [2.24, 2.45) is 5.92 Å². The maximum Gasteiger partial charge on any atom is 0.416 e. The molecule has 0 saturated carbocycles. The second kappa shape index (κ2) is 6.38. The van der Waals surface area contributed by atoms with Gasteiger partial charge < -0.3 is 10.1 Å². The van der Waals surface area contributed by atoms with Crippen LogP contribution in [0.25, 0.3) is 0 Å². The first-order valence-corrected chi connectivity index (χ1v) is 6.71. The highest BCUT2D eigenvalue weighted by molar-refractivity contribution is 5.79. The molecule has 1 heterocycles. The van der Waals surface area contributed by atoms with Crippen LogP contribution in [-0.4, -0.2) is 25.3 Å². The van der Waals surface area contributed by atoms with E-state index in [0.717, 1.165) is 12.1 Å². The van der Waals surface area contributed by atoms with Gasteiger partial charge in [-0.25, -0.2) is 0 Å². The van der Waals surface area contributed by atoms with Crippen LogP contribution in [0.15, 0.2) is 24.3 Å². The molecule has 0 spiro atoms. The molecule has 0 unspecified atom stereocenters. The van der Waals surface area contributed by atoms with E-state index < -0.39 is 41.3 Å². The number of halogens is 6. The van der Waals surface area contributed by atoms with Crippen molar-refractivity contribution >= 4 is 5.91 Å². The van der Waals surface area contributed by atoms with Gasteiger partial charge in [-0.15, -0.1) is 0 Å². The first kappa shape index (κ1) is 17.6. The van der Waals surface area contributed by atoms with Gasteiger partial charge in [-0.3, -0.25) is 4.79 Å². The van der Waals surface area contributed by atoms with Gasteiger partial charge in [0.15, 0.2) is 6.04 Å². The summed E-state index contributed by atoms with van der Waals surface area (Å²) in [7, 11) is 0. The molecule has 1 N–H and O–H groups in total. The van der Waals surface area contributed by atoms with Gasteiger partial charge >= 0.3 is 12.4 Å². The maximum atomic E-state index is 13.2. The van der Waals surface area contributed by atoms with Crippen molar-refractivity contribution in [3.05, 3.63) is 35.4 Å². The van der Waals surface area contributed by atoms with Crippen LogP contribution in [0.4, 0.5) is 26.3 Å². The maximum absolute atomic E-state index is 13.2. The van der Waals surface area contributed by atoms with Crippen molar-refractivity contribution in [2.75, 3.05) is 13.2 Å². The molecule has 128 valence electrons. The molecule has 0 aromatic heterocycles. The van der Waals surface area contributed by atoms with Crippen LogP contribution in [0.5, 0.6) is 0 Å². The third-order valence-electron chi connectivity index (χ3n) is 3.49. The van der Waals surface area contributed by atoms with Gasteiger partial charge in [0.05, 0.1) is 18.1 Å². The molecule has 1 fully saturated rings. The van der Waals surface area contributed by atoms with Crippen molar-refractivity contribution in [2.45, 2.75) is 24.8 Å². The van der Waals surface area contributed by atoms with Crippen LogP contribution in [0.2, 0.25) is 0 Å². The smallest absolute Gasteiger partial charge is 0.381 e. The molecule has 0 bridgehead atoms. The predicted octanol–water partition coefficient (Wildman–Crippen LogP) is 3.46. The average Bonchev–Trinajstić information content (AvgIpc) is 2.96. The number of hydrogen-bond acceptors (Lipinski definition) is 2. The zero-order valence-corrected chi connectivity index (χ0v) is 11.7. The summed E-state index contributed by atoms with van der Waals surface area (Å²) in [6.07, 6.45) is -9.78. The van der Waals surface area contributed by atoms with E-state index in [1.54, 1.807) is 5.32 Å². The number of hydrogen-bond donors (Lipinski definition) is 1. The highest BCUT2D eigenvalue weighted by atomic mass is 19.4. The molecular formula is C14H13F6NO2. The molecule has 1 aromatic rings. The van der Waals surface area contributed by atoms with Crippen molar-refractivity contribution in [1.82, 2.24) is 5.32 Å². The Morgan fingerprint density at radius 2 is 1.83 bits per heavy atom. The lowest BCUT2D eigenvalue weighted by atomic mass is 9.98. The fourth-order valence-corrected chi connectivity index (χ4v) is 2.34. The van der Waals surface area contributed by atoms with Crippen LogP contribution in [0.1, 0.15) is 23.6 Å². The van der Waals surface area contributed by atoms with E-state index in [1.807, 2.05) is 0 Å². The van der Waals surface area contributed by atoms with Crippen molar-refractivity contribution in [3.8, 4) is 0 Å². The molecule has 2 atom stereocenters. The van der Waals surface area contributed by atoms with E-state index in [4.69, 9.17) is 4.74 Å². The molecule has 2 rings (SSSR count). The van der Waals surface area contributed by atoms with E-state index in [-0.39, 0.29) is 19.6 Å². The SMILES string of the molecule is O=C(N[C@@H](c1ccccc1C(F)(F)F)C(F)(F)F)[C@H]1CCOC1. The second-order valence-electron chi connectivity index (χ2n) is 5.13. The van der Waals surface area contributed by atoms with Gasteiger partial charge in [0.2, 0.25) is 5.91 Å². The van der Waals surface area contributed by atoms with Crippen LogP contribution >= 0.6 is 0 Å². The molecule has 1 saturated heterocycles. The summed E-state index contributed by atoms with van der Waals surface area (Å²) in [6.45, 7) is 0.186. The normalized spacial score (nSPS) is 20.3. The van der Waals surface area contributed by atoms with Crippen LogP contribution in [0.3, 0.4) is 0 Å². The zero-order valence-electron chi connectivity index (χ0n) is 11.7. The number of carbonyl (C=O) groups is 1. The molecule has 1 aliphatic rings.